The molecule has 0 bridgehead atoms. The number of para-hydroxylation sites is 2. The molecule has 26 nitrogen and oxygen atoms in total. The highest BCUT2D eigenvalue weighted by atomic mass is 16.5. The molecule has 4 heterocycles. The van der Waals surface area contributed by atoms with E-state index in [1.54, 1.807) is 78.2 Å². The van der Waals surface area contributed by atoms with Crippen LogP contribution in [0.4, 0.5) is 16.2 Å². The summed E-state index contributed by atoms with van der Waals surface area (Å²) in [7, 11) is 2.95. The van der Waals surface area contributed by atoms with Gasteiger partial charge in [0.05, 0.1) is 90.6 Å². The summed E-state index contributed by atoms with van der Waals surface area (Å²) in [6.45, 7) is 24.5. The molecule has 2 aliphatic heterocycles. The number of fused-ring (bicyclic) bond motifs is 2. The Morgan fingerprint density at radius 2 is 0.786 bits per heavy atom. The minimum absolute atomic E-state index is 0.0225. The number of amides is 7. The number of imide groups is 2. The number of carbonyl (C=O) groups excluding carboxylic acids is 8. The minimum atomic E-state index is -1.74. The smallest absolute Gasteiger partial charge is 0.338 e. The van der Waals surface area contributed by atoms with Crippen LogP contribution in [0.5, 0.6) is 11.5 Å². The summed E-state index contributed by atoms with van der Waals surface area (Å²) in [6.07, 6.45) is 50.5. The average molecular weight is 2000 g/mol. The van der Waals surface area contributed by atoms with Gasteiger partial charge in [-0.05, 0) is 137 Å². The number of benzene rings is 6. The molecule has 3 N–H and O–H groups in total. The van der Waals surface area contributed by atoms with Gasteiger partial charge < -0.3 is 44.0 Å². The van der Waals surface area contributed by atoms with Crippen molar-refractivity contribution >= 4 is 80.7 Å². The average Bonchev–Trinajstić information content (AvgIpc) is 1.61. The minimum Gasteiger partial charge on any atom is -0.495 e. The molecular formula is C119H176N10O16. The lowest BCUT2D eigenvalue weighted by atomic mass is 9.96. The number of hydrogen-bond donors (Lipinski definition) is 3. The number of carbonyl (C=O) groups is 8. The Balaban J connectivity index is 0.000000326. The Morgan fingerprint density at radius 3 is 1.20 bits per heavy atom. The number of methoxy groups -OCH3 is 2. The molecule has 10 rings (SSSR count). The van der Waals surface area contributed by atoms with Crippen LogP contribution in [0.2, 0.25) is 0 Å². The lowest BCUT2D eigenvalue weighted by molar-refractivity contribution is -0.145. The number of nitrogens with one attached hydrogen (secondary N) is 3. The maximum atomic E-state index is 15.2. The number of esters is 2. The summed E-state index contributed by atoms with van der Waals surface area (Å²) in [4.78, 5) is 150. The van der Waals surface area contributed by atoms with Gasteiger partial charge in [0.25, 0.3) is 28.8 Å². The maximum absolute atomic E-state index is 15.2. The van der Waals surface area contributed by atoms with Crippen LogP contribution >= 0.6 is 0 Å². The first kappa shape index (κ1) is 121. The van der Waals surface area contributed by atoms with Crippen molar-refractivity contribution in [1.29, 1.82) is 0 Å². The largest absolute Gasteiger partial charge is 0.495 e. The van der Waals surface area contributed by atoms with E-state index in [4.69, 9.17) is 38.4 Å². The highest BCUT2D eigenvalue weighted by molar-refractivity contribution is 6.10. The number of ether oxygens (including phenoxy) is 6. The molecule has 2 aromatic heterocycles. The van der Waals surface area contributed by atoms with E-state index in [0.29, 0.717) is 77.2 Å². The molecule has 0 spiro atoms. The lowest BCUT2D eigenvalue weighted by Gasteiger charge is -2.27. The normalized spacial score (nSPS) is 14.1. The van der Waals surface area contributed by atoms with E-state index in [2.05, 4.69) is 69.3 Å². The number of hydrogen-bond acceptors (Lipinski definition) is 19. The molecular weight excluding hydrogens is 1830 g/mol. The predicted molar refractivity (Wildman–Crippen MR) is 583 cm³/mol. The van der Waals surface area contributed by atoms with Crippen molar-refractivity contribution in [3.05, 3.63) is 200 Å². The van der Waals surface area contributed by atoms with Crippen molar-refractivity contribution in [1.82, 2.24) is 39.1 Å². The summed E-state index contributed by atoms with van der Waals surface area (Å²) in [5.41, 5.74) is 3.17. The van der Waals surface area contributed by atoms with Crippen LogP contribution in [0.3, 0.4) is 0 Å². The first-order valence-electron chi connectivity index (χ1n) is 55.6. The van der Waals surface area contributed by atoms with E-state index in [1.807, 2.05) is 79.7 Å². The third-order valence-corrected chi connectivity index (χ3v) is 27.1. The first-order valence-corrected chi connectivity index (χ1v) is 55.6. The van der Waals surface area contributed by atoms with Crippen LogP contribution in [-0.2, 0) is 75.4 Å². The van der Waals surface area contributed by atoms with E-state index in [1.165, 1.54) is 242 Å². The quantitative estimate of drug-likeness (QED) is 0.0138. The molecule has 0 aliphatic carbocycles. The second-order valence-corrected chi connectivity index (χ2v) is 38.4. The van der Waals surface area contributed by atoms with Crippen molar-refractivity contribution in [2.75, 3.05) is 70.9 Å². The van der Waals surface area contributed by atoms with E-state index in [-0.39, 0.29) is 84.4 Å². The van der Waals surface area contributed by atoms with Crippen LogP contribution in [0.1, 0.15) is 394 Å². The molecule has 2 fully saturated rings. The highest BCUT2D eigenvalue weighted by Crippen LogP contribution is 2.36. The van der Waals surface area contributed by atoms with Crippen LogP contribution < -0.4 is 36.5 Å². The van der Waals surface area contributed by atoms with Crippen molar-refractivity contribution in [3.8, 4) is 11.5 Å². The second-order valence-electron chi connectivity index (χ2n) is 38.4. The monoisotopic (exact) mass is 2000 g/mol. The summed E-state index contributed by atoms with van der Waals surface area (Å²) in [5, 5.41) is 8.99. The van der Waals surface area contributed by atoms with Crippen molar-refractivity contribution in [2.45, 2.75) is 396 Å². The number of unbranched alkanes of at least 4 members (excludes halogenated alkanes) is 40. The maximum Gasteiger partial charge on any atom is 0.338 e. The van der Waals surface area contributed by atoms with Gasteiger partial charge in [0, 0.05) is 26.3 Å². The Kier molecular flexibility index (Phi) is 60.4. The van der Waals surface area contributed by atoms with Gasteiger partial charge in [0.15, 0.2) is 6.04 Å². The molecule has 0 saturated carbocycles. The van der Waals surface area contributed by atoms with Gasteiger partial charge in [-0.25, -0.2) is 29.3 Å². The molecule has 6 aromatic carbocycles. The fourth-order valence-corrected chi connectivity index (χ4v) is 18.6. The fraction of sp³-hybridized carbons (Fsp3) is 0.597. The van der Waals surface area contributed by atoms with Gasteiger partial charge in [-0.1, -0.05) is 390 Å². The second kappa shape index (κ2) is 72.4. The Labute approximate surface area is 865 Å². The number of aromatic nitrogens is 4. The van der Waals surface area contributed by atoms with E-state index < -0.39 is 54.1 Å². The van der Waals surface area contributed by atoms with Crippen LogP contribution in [0.25, 0.3) is 21.8 Å². The molecule has 798 valence electrons. The van der Waals surface area contributed by atoms with Crippen molar-refractivity contribution in [2.24, 2.45) is 5.92 Å². The fourth-order valence-electron chi connectivity index (χ4n) is 18.6. The third-order valence-electron chi connectivity index (χ3n) is 27.1. The standard InChI is InChI=1S/C56H79N5O8.C44H67N3O5.C13H15NO3.C6H15N/c1-5-8-10-12-14-16-18-19-21-23-25-32-40-69-55(65)44-37-38-48(67-4)47(41-44)58-51(62)49(61-53(64)54(68-7-3)60(56(61)66)42-43-33-27-26-28-34-43)50-57-46-36-30-29-35-45(46)52(63)59(50)39-31-24-22-20-17-15-13-11-9-6-2;1-4-6-8-10-12-14-16-17-19-21-23-27-33-52-44(50)36-30-31-40(51-3)39(34-36)46-42(48)35-41-45-38-29-25-24-28-37(38)43(49)47(41)32-26-22-20-18-15-13-11-9-7-5-2;1-2-17-11-10(12(15)14-13(11)16)8-9-6-4-3-5-7-9;1-4-7(5-2)6-3/h26-30,33-38,41,49,54H,5-25,31-32,39-40,42H2,1-4H3,(H,58,62);24-25,28-31,34H,4-23,26-27,32-33,35H2,1-3H3,(H,46,48);3-7,10-11H,2,8H2,1H3,(H,14,15,16);4-6H2,1-3H3. The zero-order valence-corrected chi connectivity index (χ0v) is 89.9. The SMILES string of the molecule is CCCCCCCCCCCCCCOC(=O)c1ccc(OC)c(NC(=O)C(c2nc3ccccc3c(=O)n2CCCCCCCCCCCC)N2C(=O)C(OCC)N(Cc3ccccc3)C2=O)c1.CCCCCCCCCCCCCCOC(=O)c1ccc(OC)c(NC(=O)Cc2nc3ccccc3c(=O)n2CCCCCCCCCCCC)c1.CCN(CC)CC.CCOC1C(=O)NC(=O)C1Cc1ccccc1. The molecule has 7 amide bonds. The Hall–Kier alpha value is -11.0. The summed E-state index contributed by atoms with van der Waals surface area (Å²) in [6, 6.07) is 39.9. The van der Waals surface area contributed by atoms with Crippen LogP contribution in [0.15, 0.2) is 155 Å². The van der Waals surface area contributed by atoms with Crippen molar-refractivity contribution in [3.63, 3.8) is 0 Å². The third kappa shape index (κ3) is 42.8. The van der Waals surface area contributed by atoms with Crippen LogP contribution in [-0.4, -0.2) is 154 Å². The molecule has 2 aliphatic rings. The van der Waals surface area contributed by atoms with E-state index in [0.717, 1.165) is 99.5 Å². The zero-order valence-electron chi connectivity index (χ0n) is 89.9. The zero-order chi connectivity index (χ0) is 104. The van der Waals surface area contributed by atoms with Crippen LogP contribution in [0, 0.1) is 5.92 Å². The molecule has 4 atom stereocenters. The van der Waals surface area contributed by atoms with Gasteiger partial charge in [-0.2, -0.15) is 0 Å². The van der Waals surface area contributed by atoms with Crippen molar-refractivity contribution < 1.29 is 66.8 Å². The van der Waals surface area contributed by atoms with Gasteiger partial charge >= 0.3 is 18.0 Å². The van der Waals surface area contributed by atoms with Gasteiger partial charge in [0.1, 0.15) is 29.3 Å². The molecule has 26 heteroatoms. The number of rotatable bonds is 70. The molecule has 2 saturated heterocycles. The van der Waals surface area contributed by atoms with Gasteiger partial charge in [-0.15, -0.1) is 0 Å². The molecule has 145 heavy (non-hydrogen) atoms. The summed E-state index contributed by atoms with van der Waals surface area (Å²) in [5.74, 6) is -2.90. The van der Waals surface area contributed by atoms with Gasteiger partial charge in [-0.3, -0.25) is 52.9 Å². The molecule has 8 aromatic rings. The lowest BCUT2D eigenvalue weighted by Crippen LogP contribution is -2.45. The Bertz CT molecular complexity index is 5190. The Morgan fingerprint density at radius 1 is 0.407 bits per heavy atom. The number of urea groups is 1. The van der Waals surface area contributed by atoms with Gasteiger partial charge in [0.2, 0.25) is 18.0 Å². The summed E-state index contributed by atoms with van der Waals surface area (Å²) < 4.78 is 36.8. The number of anilines is 2. The highest BCUT2D eigenvalue weighted by Gasteiger charge is 2.53. The van der Waals surface area contributed by atoms with E-state index >= 15 is 4.79 Å². The molecule has 0 radical (unpaired) electrons. The molecule has 4 unspecified atom stereocenters. The number of nitrogens with zero attached hydrogens (tertiary/aromatic N) is 7. The van der Waals surface area contributed by atoms with E-state index in [9.17, 15) is 43.2 Å². The first-order chi connectivity index (χ1) is 70.8. The summed E-state index contributed by atoms with van der Waals surface area (Å²) >= 11 is 0. The topological polar surface area (TPSA) is 308 Å². The predicted octanol–water partition coefficient (Wildman–Crippen LogP) is 26.3.